The molecule has 0 aliphatic heterocycles. The molecule has 14 heavy (non-hydrogen) atoms. The molecule has 0 spiro atoms. The van der Waals surface area contributed by atoms with Crippen molar-refractivity contribution in [3.8, 4) is 0 Å². The zero-order valence-electron chi connectivity index (χ0n) is 8.64. The molecule has 3 heteroatoms. The summed E-state index contributed by atoms with van der Waals surface area (Å²) in [6, 6.07) is 9.93. The average molecular weight is 195 g/mol. The quantitative estimate of drug-likeness (QED) is 0.724. The molecule has 0 aliphatic carbocycles. The standard InChI is InChI=1S/C11H17NO2/c1-9(13-2)11(12)14-8-10-6-4-3-5-7-10/h3-7,9,11H,8,12H2,1-2H3. The van der Waals surface area contributed by atoms with Crippen molar-refractivity contribution in [2.45, 2.75) is 25.9 Å². The number of hydrogen-bond donors (Lipinski definition) is 1. The van der Waals surface area contributed by atoms with Crippen molar-refractivity contribution in [3.05, 3.63) is 35.9 Å². The van der Waals surface area contributed by atoms with Gasteiger partial charge in [-0.25, -0.2) is 0 Å². The third kappa shape index (κ3) is 3.46. The highest BCUT2D eigenvalue weighted by molar-refractivity contribution is 5.13. The van der Waals surface area contributed by atoms with Crippen LogP contribution in [0.1, 0.15) is 12.5 Å². The molecule has 1 aromatic rings. The van der Waals surface area contributed by atoms with Crippen molar-refractivity contribution in [1.82, 2.24) is 0 Å². The Morgan fingerprint density at radius 1 is 1.29 bits per heavy atom. The number of nitrogens with two attached hydrogens (primary N) is 1. The summed E-state index contributed by atoms with van der Waals surface area (Å²) in [5, 5.41) is 0. The van der Waals surface area contributed by atoms with Crippen LogP contribution in [-0.4, -0.2) is 19.4 Å². The summed E-state index contributed by atoms with van der Waals surface area (Å²) in [6.45, 7) is 2.41. The molecule has 2 unspecified atom stereocenters. The SMILES string of the molecule is COC(C)C(N)OCc1ccccc1. The average Bonchev–Trinajstić information content (AvgIpc) is 2.26. The first-order valence-corrected chi connectivity index (χ1v) is 4.68. The first kappa shape index (κ1) is 11.2. The Morgan fingerprint density at radius 2 is 1.93 bits per heavy atom. The van der Waals surface area contributed by atoms with E-state index in [4.69, 9.17) is 15.2 Å². The van der Waals surface area contributed by atoms with Crippen LogP contribution in [-0.2, 0) is 16.1 Å². The maximum atomic E-state index is 5.73. The molecule has 0 radical (unpaired) electrons. The lowest BCUT2D eigenvalue weighted by Gasteiger charge is -2.18. The molecule has 78 valence electrons. The zero-order chi connectivity index (χ0) is 10.4. The number of methoxy groups -OCH3 is 1. The van der Waals surface area contributed by atoms with Gasteiger partial charge in [0.05, 0.1) is 12.7 Å². The van der Waals surface area contributed by atoms with Crippen LogP contribution in [0.15, 0.2) is 30.3 Å². The summed E-state index contributed by atoms with van der Waals surface area (Å²) in [6.07, 6.45) is -0.459. The van der Waals surface area contributed by atoms with Gasteiger partial charge in [0, 0.05) is 7.11 Å². The normalized spacial score (nSPS) is 15.1. The van der Waals surface area contributed by atoms with Crippen LogP contribution in [0.5, 0.6) is 0 Å². The lowest BCUT2D eigenvalue weighted by molar-refractivity contribution is -0.0520. The lowest BCUT2D eigenvalue weighted by atomic mass is 10.2. The van der Waals surface area contributed by atoms with Crippen LogP contribution in [0.2, 0.25) is 0 Å². The van der Waals surface area contributed by atoms with Gasteiger partial charge in [-0.15, -0.1) is 0 Å². The maximum absolute atomic E-state index is 5.73. The van der Waals surface area contributed by atoms with Crippen molar-refractivity contribution in [2.75, 3.05) is 7.11 Å². The Morgan fingerprint density at radius 3 is 2.50 bits per heavy atom. The Bertz CT molecular complexity index is 251. The van der Waals surface area contributed by atoms with Gasteiger partial charge in [0.15, 0.2) is 0 Å². The largest absolute Gasteiger partial charge is 0.378 e. The Labute approximate surface area is 84.8 Å². The smallest absolute Gasteiger partial charge is 0.132 e. The highest BCUT2D eigenvalue weighted by Crippen LogP contribution is 2.04. The summed E-state index contributed by atoms with van der Waals surface area (Å²) >= 11 is 0. The minimum absolute atomic E-state index is 0.0845. The van der Waals surface area contributed by atoms with Gasteiger partial charge in [0.1, 0.15) is 6.23 Å². The topological polar surface area (TPSA) is 44.5 Å². The van der Waals surface area contributed by atoms with Gasteiger partial charge in [-0.3, -0.25) is 0 Å². The maximum Gasteiger partial charge on any atom is 0.132 e. The lowest BCUT2D eigenvalue weighted by Crippen LogP contribution is -2.36. The van der Waals surface area contributed by atoms with Crippen LogP contribution in [0.4, 0.5) is 0 Å². The van der Waals surface area contributed by atoms with Crippen LogP contribution in [0, 0.1) is 0 Å². The third-order valence-corrected chi connectivity index (χ3v) is 2.12. The van der Waals surface area contributed by atoms with Crippen molar-refractivity contribution < 1.29 is 9.47 Å². The first-order chi connectivity index (χ1) is 6.74. The molecule has 0 heterocycles. The molecule has 2 N–H and O–H groups in total. The number of rotatable bonds is 5. The van der Waals surface area contributed by atoms with E-state index in [2.05, 4.69) is 0 Å². The van der Waals surface area contributed by atoms with Gasteiger partial charge in [-0.05, 0) is 12.5 Å². The molecule has 0 bridgehead atoms. The Balaban J connectivity index is 2.34. The second-order valence-corrected chi connectivity index (χ2v) is 3.20. The molecule has 1 aromatic carbocycles. The van der Waals surface area contributed by atoms with E-state index in [-0.39, 0.29) is 12.3 Å². The second-order valence-electron chi connectivity index (χ2n) is 3.20. The fourth-order valence-corrected chi connectivity index (χ4v) is 1.04. The van der Waals surface area contributed by atoms with Crippen LogP contribution >= 0.6 is 0 Å². The predicted octanol–water partition coefficient (Wildman–Crippen LogP) is 1.52. The van der Waals surface area contributed by atoms with E-state index >= 15 is 0 Å². The Hall–Kier alpha value is -0.900. The van der Waals surface area contributed by atoms with Crippen molar-refractivity contribution >= 4 is 0 Å². The summed E-state index contributed by atoms with van der Waals surface area (Å²) < 4.78 is 10.5. The molecule has 0 saturated heterocycles. The molecule has 0 saturated carbocycles. The van der Waals surface area contributed by atoms with Crippen molar-refractivity contribution in [2.24, 2.45) is 5.73 Å². The van der Waals surface area contributed by atoms with E-state index in [0.29, 0.717) is 6.61 Å². The van der Waals surface area contributed by atoms with E-state index in [1.807, 2.05) is 37.3 Å². The van der Waals surface area contributed by atoms with E-state index in [1.165, 1.54) is 0 Å². The van der Waals surface area contributed by atoms with Crippen LogP contribution < -0.4 is 5.73 Å². The van der Waals surface area contributed by atoms with E-state index in [9.17, 15) is 0 Å². The number of benzene rings is 1. The zero-order valence-corrected chi connectivity index (χ0v) is 8.64. The minimum Gasteiger partial charge on any atom is -0.378 e. The van der Waals surface area contributed by atoms with Gasteiger partial charge in [0.25, 0.3) is 0 Å². The van der Waals surface area contributed by atoms with Crippen LogP contribution in [0.3, 0.4) is 0 Å². The molecule has 1 rings (SSSR count). The second kappa shape index (κ2) is 5.75. The summed E-state index contributed by atoms with van der Waals surface area (Å²) in [4.78, 5) is 0. The van der Waals surface area contributed by atoms with Gasteiger partial charge in [-0.2, -0.15) is 0 Å². The highest BCUT2D eigenvalue weighted by atomic mass is 16.5. The van der Waals surface area contributed by atoms with Gasteiger partial charge in [-0.1, -0.05) is 30.3 Å². The fraction of sp³-hybridized carbons (Fsp3) is 0.455. The molecule has 0 aliphatic rings. The highest BCUT2D eigenvalue weighted by Gasteiger charge is 2.11. The van der Waals surface area contributed by atoms with Gasteiger partial charge < -0.3 is 15.2 Å². The monoisotopic (exact) mass is 195 g/mol. The van der Waals surface area contributed by atoms with Crippen molar-refractivity contribution in [3.63, 3.8) is 0 Å². The minimum atomic E-state index is -0.375. The van der Waals surface area contributed by atoms with E-state index < -0.39 is 0 Å². The molecule has 0 amide bonds. The van der Waals surface area contributed by atoms with E-state index in [1.54, 1.807) is 7.11 Å². The Kier molecular flexibility index (Phi) is 4.59. The summed E-state index contributed by atoms with van der Waals surface area (Å²) in [7, 11) is 1.62. The summed E-state index contributed by atoms with van der Waals surface area (Å²) in [5.74, 6) is 0. The summed E-state index contributed by atoms with van der Waals surface area (Å²) in [5.41, 5.74) is 6.85. The molecule has 2 atom stereocenters. The van der Waals surface area contributed by atoms with Gasteiger partial charge in [0.2, 0.25) is 0 Å². The molecular formula is C11H17NO2. The molecule has 0 aromatic heterocycles. The predicted molar refractivity (Wildman–Crippen MR) is 55.7 cm³/mol. The van der Waals surface area contributed by atoms with Crippen molar-refractivity contribution in [1.29, 1.82) is 0 Å². The van der Waals surface area contributed by atoms with E-state index in [0.717, 1.165) is 5.56 Å². The third-order valence-electron chi connectivity index (χ3n) is 2.12. The number of hydrogen-bond acceptors (Lipinski definition) is 3. The fourth-order valence-electron chi connectivity index (χ4n) is 1.04. The van der Waals surface area contributed by atoms with Crippen LogP contribution in [0.25, 0.3) is 0 Å². The number of ether oxygens (including phenoxy) is 2. The molecule has 3 nitrogen and oxygen atoms in total. The molecule has 0 fully saturated rings. The first-order valence-electron chi connectivity index (χ1n) is 4.68. The molecular weight excluding hydrogens is 178 g/mol. The van der Waals surface area contributed by atoms with Gasteiger partial charge >= 0.3 is 0 Å².